The van der Waals surface area contributed by atoms with Crippen molar-refractivity contribution in [1.82, 2.24) is 15.6 Å². The van der Waals surface area contributed by atoms with Gasteiger partial charge in [0, 0.05) is 37.2 Å². The second-order valence-electron chi connectivity index (χ2n) is 6.92. The van der Waals surface area contributed by atoms with Gasteiger partial charge < -0.3 is 25.1 Å². The fourth-order valence-corrected chi connectivity index (χ4v) is 3.53. The highest BCUT2D eigenvalue weighted by Crippen LogP contribution is 2.32. The molecule has 4 rings (SSSR count). The van der Waals surface area contributed by atoms with E-state index in [0.717, 1.165) is 43.4 Å². The molecule has 154 valence electrons. The molecule has 2 aromatic carbocycles. The van der Waals surface area contributed by atoms with E-state index >= 15 is 0 Å². The van der Waals surface area contributed by atoms with Crippen molar-refractivity contribution in [2.24, 2.45) is 4.99 Å². The third-order valence-corrected chi connectivity index (χ3v) is 5.06. The van der Waals surface area contributed by atoms with Crippen LogP contribution in [0.25, 0.3) is 10.9 Å². The maximum Gasteiger partial charge on any atom is 0.231 e. The minimum absolute atomic E-state index is 0. The minimum Gasteiger partial charge on any atom is -0.454 e. The molecule has 0 amide bonds. The van der Waals surface area contributed by atoms with Crippen molar-refractivity contribution in [2.45, 2.75) is 19.8 Å². The van der Waals surface area contributed by atoms with Crippen LogP contribution in [-0.2, 0) is 12.8 Å². The largest absolute Gasteiger partial charge is 0.454 e. The molecule has 2 heterocycles. The van der Waals surface area contributed by atoms with Crippen LogP contribution in [-0.4, -0.2) is 37.9 Å². The van der Waals surface area contributed by atoms with Crippen LogP contribution in [0.2, 0.25) is 0 Å². The maximum absolute atomic E-state index is 5.43. The van der Waals surface area contributed by atoms with Gasteiger partial charge in [0.15, 0.2) is 17.5 Å². The number of fused-ring (bicyclic) bond motifs is 2. The molecule has 1 aliphatic rings. The molecule has 6 nitrogen and oxygen atoms in total. The van der Waals surface area contributed by atoms with Gasteiger partial charge in [0.1, 0.15) is 0 Å². The van der Waals surface area contributed by atoms with Crippen molar-refractivity contribution >= 4 is 40.8 Å². The first-order valence-electron chi connectivity index (χ1n) is 9.63. The summed E-state index contributed by atoms with van der Waals surface area (Å²) in [7, 11) is 1.80. The molecular weight excluding hydrogens is 479 g/mol. The summed E-state index contributed by atoms with van der Waals surface area (Å²) in [6.07, 6.45) is 3.93. The summed E-state index contributed by atoms with van der Waals surface area (Å²) in [5, 5.41) is 8.06. The quantitative estimate of drug-likeness (QED) is 0.271. The van der Waals surface area contributed by atoms with Gasteiger partial charge in [-0.15, -0.1) is 24.0 Å². The molecule has 0 aliphatic carbocycles. The van der Waals surface area contributed by atoms with Crippen LogP contribution in [0.1, 0.15) is 16.7 Å². The van der Waals surface area contributed by atoms with Crippen molar-refractivity contribution in [3.63, 3.8) is 0 Å². The number of H-pyrrole nitrogens is 1. The van der Waals surface area contributed by atoms with Crippen LogP contribution in [0.5, 0.6) is 11.5 Å². The number of hydrogen-bond acceptors (Lipinski definition) is 3. The lowest BCUT2D eigenvalue weighted by atomic mass is 10.1. The molecule has 3 aromatic rings. The molecule has 1 aliphatic heterocycles. The van der Waals surface area contributed by atoms with Gasteiger partial charge >= 0.3 is 0 Å². The second-order valence-corrected chi connectivity index (χ2v) is 6.92. The van der Waals surface area contributed by atoms with E-state index in [0.29, 0.717) is 6.79 Å². The van der Waals surface area contributed by atoms with Crippen LogP contribution < -0.4 is 20.1 Å². The summed E-state index contributed by atoms with van der Waals surface area (Å²) in [4.78, 5) is 7.70. The molecule has 0 spiro atoms. The van der Waals surface area contributed by atoms with E-state index in [9.17, 15) is 0 Å². The predicted molar refractivity (Wildman–Crippen MR) is 128 cm³/mol. The number of aliphatic imine (C=N–C) groups is 1. The summed E-state index contributed by atoms with van der Waals surface area (Å²) in [5.74, 6) is 2.47. The Morgan fingerprint density at radius 3 is 2.69 bits per heavy atom. The zero-order valence-corrected chi connectivity index (χ0v) is 19.1. The molecule has 3 N–H and O–H groups in total. The lowest BCUT2D eigenvalue weighted by Crippen LogP contribution is -2.39. The van der Waals surface area contributed by atoms with E-state index < -0.39 is 0 Å². The third-order valence-electron chi connectivity index (χ3n) is 5.06. The number of nitrogens with one attached hydrogen (secondary N) is 3. The highest BCUT2D eigenvalue weighted by molar-refractivity contribution is 14.0. The average molecular weight is 506 g/mol. The lowest BCUT2D eigenvalue weighted by molar-refractivity contribution is 0.174. The topological polar surface area (TPSA) is 70.7 Å². The van der Waals surface area contributed by atoms with Crippen molar-refractivity contribution < 1.29 is 9.47 Å². The van der Waals surface area contributed by atoms with Gasteiger partial charge in [-0.1, -0.05) is 24.3 Å². The SMILES string of the molecule is CN=C(NCCc1ccc2c(c1)OCO2)NCCc1c[nH]c2c(C)cccc12.I. The standard InChI is InChI=1S/C22H26N4O2.HI/c1-15-4-3-5-18-17(13-26-21(15)18)9-11-25-22(23-2)24-10-8-16-6-7-19-20(12-16)28-14-27-19;/h3-7,12-13,26H,8-11,14H2,1-2H3,(H2,23,24,25);1H. The Bertz CT molecular complexity index is 1000. The Morgan fingerprint density at radius 1 is 1.07 bits per heavy atom. The summed E-state index contributed by atoms with van der Waals surface area (Å²) >= 11 is 0. The maximum atomic E-state index is 5.43. The number of ether oxygens (including phenoxy) is 2. The van der Waals surface area contributed by atoms with Gasteiger partial charge in [0.25, 0.3) is 0 Å². The lowest BCUT2D eigenvalue weighted by Gasteiger charge is -2.12. The van der Waals surface area contributed by atoms with E-state index in [-0.39, 0.29) is 24.0 Å². The Kier molecular flexibility index (Phi) is 7.24. The first-order valence-corrected chi connectivity index (χ1v) is 9.63. The summed E-state index contributed by atoms with van der Waals surface area (Å²) < 4.78 is 10.8. The van der Waals surface area contributed by atoms with Crippen molar-refractivity contribution in [3.05, 3.63) is 59.3 Å². The van der Waals surface area contributed by atoms with Crippen LogP contribution in [0.3, 0.4) is 0 Å². The fraction of sp³-hybridized carbons (Fsp3) is 0.318. The highest BCUT2D eigenvalue weighted by atomic mass is 127. The molecule has 0 saturated carbocycles. The zero-order chi connectivity index (χ0) is 19.3. The van der Waals surface area contributed by atoms with Crippen LogP contribution in [0, 0.1) is 6.92 Å². The number of aromatic amines is 1. The van der Waals surface area contributed by atoms with Gasteiger partial charge in [-0.25, -0.2) is 0 Å². The second kappa shape index (κ2) is 9.87. The number of rotatable bonds is 6. The molecular formula is C22H27IN4O2. The normalized spacial score (nSPS) is 12.7. The molecule has 0 saturated heterocycles. The number of aryl methyl sites for hydroxylation is 1. The average Bonchev–Trinajstić information content (AvgIpc) is 3.34. The number of para-hydroxylation sites is 1. The van der Waals surface area contributed by atoms with Gasteiger partial charge in [-0.2, -0.15) is 0 Å². The molecule has 29 heavy (non-hydrogen) atoms. The van der Waals surface area contributed by atoms with E-state index in [1.807, 2.05) is 12.1 Å². The first kappa shape index (κ1) is 21.3. The van der Waals surface area contributed by atoms with Gasteiger partial charge in [0.2, 0.25) is 6.79 Å². The first-order chi connectivity index (χ1) is 13.7. The van der Waals surface area contributed by atoms with Crippen molar-refractivity contribution in [1.29, 1.82) is 0 Å². The van der Waals surface area contributed by atoms with Crippen molar-refractivity contribution in [3.8, 4) is 11.5 Å². The Balaban J connectivity index is 0.00000240. The minimum atomic E-state index is 0. The number of hydrogen-bond donors (Lipinski definition) is 3. The molecule has 0 bridgehead atoms. The molecule has 0 atom stereocenters. The van der Waals surface area contributed by atoms with Crippen LogP contribution in [0.15, 0.2) is 47.6 Å². The number of benzene rings is 2. The van der Waals surface area contributed by atoms with E-state index in [1.165, 1.54) is 27.6 Å². The molecule has 1 aromatic heterocycles. The Hall–Kier alpha value is -2.42. The Morgan fingerprint density at radius 2 is 1.86 bits per heavy atom. The fourth-order valence-electron chi connectivity index (χ4n) is 3.53. The third kappa shape index (κ3) is 4.95. The van der Waals surface area contributed by atoms with E-state index in [1.54, 1.807) is 7.05 Å². The number of aromatic nitrogens is 1. The summed E-state index contributed by atoms with van der Waals surface area (Å²) in [5.41, 5.74) is 5.03. The Labute approximate surface area is 188 Å². The molecule has 0 fully saturated rings. The summed E-state index contributed by atoms with van der Waals surface area (Å²) in [6.45, 7) is 4.06. The zero-order valence-electron chi connectivity index (χ0n) is 16.7. The highest BCUT2D eigenvalue weighted by Gasteiger charge is 2.13. The smallest absolute Gasteiger partial charge is 0.231 e. The number of nitrogens with zero attached hydrogens (tertiary/aromatic N) is 1. The molecule has 0 unspecified atom stereocenters. The molecule has 7 heteroatoms. The van der Waals surface area contributed by atoms with Gasteiger partial charge in [0.05, 0.1) is 0 Å². The van der Waals surface area contributed by atoms with E-state index in [2.05, 4.69) is 58.0 Å². The van der Waals surface area contributed by atoms with Gasteiger partial charge in [-0.05, 0) is 48.6 Å². The van der Waals surface area contributed by atoms with Crippen LogP contribution in [0.4, 0.5) is 0 Å². The molecule has 0 radical (unpaired) electrons. The van der Waals surface area contributed by atoms with E-state index in [4.69, 9.17) is 9.47 Å². The van der Waals surface area contributed by atoms with Crippen LogP contribution >= 0.6 is 24.0 Å². The number of guanidine groups is 1. The van der Waals surface area contributed by atoms with Gasteiger partial charge in [-0.3, -0.25) is 4.99 Å². The predicted octanol–water partition coefficient (Wildman–Crippen LogP) is 3.77. The monoisotopic (exact) mass is 506 g/mol. The number of halogens is 1. The summed E-state index contributed by atoms with van der Waals surface area (Å²) in [6, 6.07) is 12.5. The van der Waals surface area contributed by atoms with Crippen molar-refractivity contribution in [2.75, 3.05) is 26.9 Å².